The molecule has 1 aliphatic carbocycles. The number of nitrogens with zero attached hydrogens (tertiary/aromatic N) is 1. The lowest BCUT2D eigenvalue weighted by atomic mass is 9.85. The Kier molecular flexibility index (Phi) is 7.69. The van der Waals surface area contributed by atoms with E-state index in [1.807, 2.05) is 0 Å². The molecule has 0 spiro atoms. The Balaban J connectivity index is 2.92. The third kappa shape index (κ3) is 4.38. The first-order chi connectivity index (χ1) is 10.4. The van der Waals surface area contributed by atoms with Crippen molar-refractivity contribution < 1.29 is 4.84 Å². The van der Waals surface area contributed by atoms with Crippen LogP contribution in [-0.2, 0) is 4.84 Å². The first kappa shape index (κ1) is 19.3. The summed E-state index contributed by atoms with van der Waals surface area (Å²) < 4.78 is 0. The Bertz CT molecular complexity index is 407. The van der Waals surface area contributed by atoms with Crippen molar-refractivity contribution in [3.63, 3.8) is 0 Å². The molecule has 0 amide bonds. The second-order valence-electron chi connectivity index (χ2n) is 7.61. The predicted octanol–water partition coefficient (Wildman–Crippen LogP) is 5.79. The van der Waals surface area contributed by atoms with Crippen LogP contribution in [0.5, 0.6) is 0 Å². The smallest absolute Gasteiger partial charge is 0.145 e. The van der Waals surface area contributed by atoms with E-state index in [9.17, 15) is 0 Å². The van der Waals surface area contributed by atoms with Crippen LogP contribution in [0.15, 0.2) is 5.16 Å². The second-order valence-corrected chi connectivity index (χ2v) is 13.2. The van der Waals surface area contributed by atoms with E-state index in [-0.39, 0.29) is 0 Å². The van der Waals surface area contributed by atoms with Crippen LogP contribution in [0.1, 0.15) is 73.6 Å². The minimum Gasteiger partial charge on any atom is -0.399 e. The molecule has 1 atom stereocenters. The van der Waals surface area contributed by atoms with E-state index in [0.717, 1.165) is 12.8 Å². The van der Waals surface area contributed by atoms with Gasteiger partial charge < -0.3 is 4.84 Å². The molecule has 0 radical (unpaired) electrons. The van der Waals surface area contributed by atoms with Gasteiger partial charge in [0.25, 0.3) is 0 Å². The van der Waals surface area contributed by atoms with E-state index in [1.165, 1.54) is 25.0 Å². The molecule has 1 rings (SSSR count). The fourth-order valence-corrected chi connectivity index (χ4v) is 9.56. The topological polar surface area (TPSA) is 21.6 Å². The fourth-order valence-electron chi connectivity index (χ4n) is 4.29. The summed E-state index contributed by atoms with van der Waals surface area (Å²) >= 11 is 0. The highest BCUT2D eigenvalue weighted by atomic mass is 28.3. The van der Waals surface area contributed by atoms with E-state index >= 15 is 0 Å². The summed E-state index contributed by atoms with van der Waals surface area (Å²) in [4.78, 5) is 5.02. The molecule has 0 heterocycles. The summed E-state index contributed by atoms with van der Waals surface area (Å²) in [6.07, 6.45) is 5.81. The Morgan fingerprint density at radius 1 is 1.09 bits per heavy atom. The third-order valence-electron chi connectivity index (χ3n) is 5.43. The van der Waals surface area contributed by atoms with Gasteiger partial charge in [0.05, 0.1) is 5.71 Å². The molecule has 2 nitrogen and oxygen atoms in total. The third-order valence-corrected chi connectivity index (χ3v) is 11.8. The number of rotatable bonds is 5. The van der Waals surface area contributed by atoms with Crippen LogP contribution in [0.4, 0.5) is 0 Å². The molecule has 0 aromatic carbocycles. The number of oxime groups is 1. The average molecular weight is 322 g/mol. The molecule has 1 unspecified atom stereocenters. The second kappa shape index (κ2) is 8.77. The van der Waals surface area contributed by atoms with E-state index in [0.29, 0.717) is 22.5 Å². The first-order valence-electron chi connectivity index (χ1n) is 8.96. The van der Waals surface area contributed by atoms with Crippen LogP contribution in [0.3, 0.4) is 0 Å². The molecule has 1 fully saturated rings. The molecule has 0 bridgehead atoms. The Hall–Kier alpha value is -0.753. The van der Waals surface area contributed by atoms with Crippen LogP contribution < -0.4 is 0 Å². The monoisotopic (exact) mass is 321 g/mol. The maximum absolute atomic E-state index is 5.02. The van der Waals surface area contributed by atoms with Gasteiger partial charge in [-0.3, -0.25) is 0 Å². The van der Waals surface area contributed by atoms with Crippen LogP contribution in [0, 0.1) is 17.4 Å². The summed E-state index contributed by atoms with van der Waals surface area (Å²) in [6.45, 7) is 14.2. The maximum atomic E-state index is 5.02. The lowest BCUT2D eigenvalue weighted by molar-refractivity contribution is 0.208. The summed E-state index contributed by atoms with van der Waals surface area (Å²) in [6, 6.07) is 0. The number of hydrogen-bond acceptors (Lipinski definition) is 2. The molecule has 3 heteroatoms. The molecule has 0 aliphatic heterocycles. The fraction of sp³-hybridized carbons (Fsp3) is 0.842. The van der Waals surface area contributed by atoms with Crippen molar-refractivity contribution in [2.24, 2.45) is 11.1 Å². The molecule has 126 valence electrons. The van der Waals surface area contributed by atoms with E-state index in [4.69, 9.17) is 4.84 Å². The molecule has 22 heavy (non-hydrogen) atoms. The summed E-state index contributed by atoms with van der Waals surface area (Å²) in [5, 5.41) is 4.25. The summed E-state index contributed by atoms with van der Waals surface area (Å²) in [7, 11) is 0.0665. The van der Waals surface area contributed by atoms with Crippen LogP contribution in [0.25, 0.3) is 0 Å². The molecule has 1 saturated carbocycles. The normalized spacial score (nSPS) is 21.4. The van der Waals surface area contributed by atoms with Gasteiger partial charge in [-0.1, -0.05) is 53.1 Å². The molecule has 1 aliphatic rings. The minimum atomic E-state index is -1.58. The lowest BCUT2D eigenvalue weighted by Crippen LogP contribution is -2.43. The molecule has 0 aromatic rings. The molecule has 0 aromatic heterocycles. The highest BCUT2D eigenvalue weighted by Crippen LogP contribution is 2.40. The van der Waals surface area contributed by atoms with E-state index in [2.05, 4.69) is 58.2 Å². The van der Waals surface area contributed by atoms with Gasteiger partial charge in [-0.05, 0) is 35.9 Å². The van der Waals surface area contributed by atoms with Gasteiger partial charge in [0, 0.05) is 12.3 Å². The maximum Gasteiger partial charge on any atom is 0.145 e. The van der Waals surface area contributed by atoms with Crippen molar-refractivity contribution in [2.75, 3.05) is 7.11 Å². The Morgan fingerprint density at radius 3 is 2.18 bits per heavy atom. The highest BCUT2D eigenvalue weighted by Gasteiger charge is 2.41. The molecular formula is C19H35NOSi. The predicted molar refractivity (Wildman–Crippen MR) is 99.8 cm³/mol. The van der Waals surface area contributed by atoms with Gasteiger partial charge in [-0.15, -0.1) is 11.5 Å². The van der Waals surface area contributed by atoms with Gasteiger partial charge in [0.1, 0.15) is 15.2 Å². The van der Waals surface area contributed by atoms with Crippen molar-refractivity contribution >= 4 is 13.8 Å². The molecule has 0 saturated heterocycles. The van der Waals surface area contributed by atoms with E-state index < -0.39 is 8.07 Å². The van der Waals surface area contributed by atoms with Crippen molar-refractivity contribution in [3.05, 3.63) is 0 Å². The molecule has 0 N–H and O–H groups in total. The SMILES string of the molecule is CO/N=C1\CCCCC1CC#C[Si](C(C)C)(C(C)C)C(C)C. The number of hydrogen-bond donors (Lipinski definition) is 0. The summed E-state index contributed by atoms with van der Waals surface area (Å²) in [5.41, 5.74) is 7.19. The zero-order valence-electron chi connectivity index (χ0n) is 15.7. The zero-order valence-corrected chi connectivity index (χ0v) is 16.7. The van der Waals surface area contributed by atoms with E-state index in [1.54, 1.807) is 7.11 Å². The standard InChI is InChI=1S/C19H35NOSi/c1-15(2)22(16(3)4,17(5)6)14-10-12-18-11-8-9-13-19(18)20-21-7/h15-18H,8-9,11-13H2,1-7H3/b20-19+. The lowest BCUT2D eigenvalue weighted by Gasteiger charge is -2.38. The van der Waals surface area contributed by atoms with Crippen LogP contribution in [-0.4, -0.2) is 20.9 Å². The van der Waals surface area contributed by atoms with Gasteiger partial charge >= 0.3 is 0 Å². The highest BCUT2D eigenvalue weighted by molar-refractivity contribution is 6.90. The minimum absolute atomic E-state index is 0.513. The molecular weight excluding hydrogens is 286 g/mol. The van der Waals surface area contributed by atoms with Crippen molar-refractivity contribution in [2.45, 2.75) is 90.3 Å². The van der Waals surface area contributed by atoms with Crippen molar-refractivity contribution in [3.8, 4) is 11.5 Å². The van der Waals surface area contributed by atoms with Crippen LogP contribution in [0.2, 0.25) is 16.6 Å². The van der Waals surface area contributed by atoms with Crippen LogP contribution >= 0.6 is 0 Å². The Morgan fingerprint density at radius 2 is 1.68 bits per heavy atom. The van der Waals surface area contributed by atoms with Gasteiger partial charge in [0.2, 0.25) is 0 Å². The Labute approximate surface area is 139 Å². The van der Waals surface area contributed by atoms with Gasteiger partial charge in [-0.25, -0.2) is 0 Å². The quantitative estimate of drug-likeness (QED) is 0.357. The van der Waals surface area contributed by atoms with Gasteiger partial charge in [-0.2, -0.15) is 0 Å². The average Bonchev–Trinajstić information content (AvgIpc) is 2.44. The van der Waals surface area contributed by atoms with Gasteiger partial charge in [0.15, 0.2) is 0 Å². The van der Waals surface area contributed by atoms with Crippen molar-refractivity contribution in [1.29, 1.82) is 0 Å². The zero-order chi connectivity index (χ0) is 16.8. The summed E-state index contributed by atoms with van der Waals surface area (Å²) in [5.74, 6) is 4.12. The van der Waals surface area contributed by atoms with Crippen molar-refractivity contribution in [1.82, 2.24) is 0 Å². The first-order valence-corrected chi connectivity index (χ1v) is 11.2. The largest absolute Gasteiger partial charge is 0.399 e.